The maximum absolute atomic E-state index is 6.14. The molecule has 0 aliphatic carbocycles. The van der Waals surface area contributed by atoms with Crippen LogP contribution < -0.4 is 10.1 Å². The lowest BCUT2D eigenvalue weighted by molar-refractivity contribution is 0.456. The summed E-state index contributed by atoms with van der Waals surface area (Å²) >= 11 is 5.20. The number of rotatable bonds is 5. The van der Waals surface area contributed by atoms with Crippen LogP contribution in [0.25, 0.3) is 0 Å². The Morgan fingerprint density at radius 3 is 2.60 bits per heavy atom. The fraction of sp³-hybridized carbons (Fsp3) is 0.250. The number of para-hydroxylation sites is 1. The summed E-state index contributed by atoms with van der Waals surface area (Å²) in [5.41, 5.74) is 1.15. The molecule has 0 spiro atoms. The molecule has 2 rings (SSSR count). The van der Waals surface area contributed by atoms with Gasteiger partial charge in [0, 0.05) is 21.0 Å². The molecule has 0 bridgehead atoms. The summed E-state index contributed by atoms with van der Waals surface area (Å²) in [6, 6.07) is 14.5. The first-order chi connectivity index (χ1) is 9.65. The third-order valence-corrected chi connectivity index (χ3v) is 4.43. The SMILES string of the molecule is CNC(C)c1ccc(Br)cc1Oc1ccccc1SC. The molecule has 2 aromatic carbocycles. The molecule has 2 nitrogen and oxygen atoms in total. The predicted molar refractivity (Wildman–Crippen MR) is 89.9 cm³/mol. The summed E-state index contributed by atoms with van der Waals surface area (Å²) in [5, 5.41) is 3.25. The highest BCUT2D eigenvalue weighted by molar-refractivity contribution is 9.10. The second kappa shape index (κ2) is 7.16. The molecular formula is C16H18BrNOS. The first-order valence-corrected chi connectivity index (χ1v) is 8.45. The van der Waals surface area contributed by atoms with Crippen LogP contribution in [0.15, 0.2) is 51.8 Å². The zero-order valence-corrected chi connectivity index (χ0v) is 14.2. The average molecular weight is 352 g/mol. The number of hydrogen-bond donors (Lipinski definition) is 1. The van der Waals surface area contributed by atoms with Gasteiger partial charge in [0.1, 0.15) is 11.5 Å². The van der Waals surface area contributed by atoms with Crippen molar-refractivity contribution in [3.8, 4) is 11.5 Å². The summed E-state index contributed by atoms with van der Waals surface area (Å²) < 4.78 is 7.16. The van der Waals surface area contributed by atoms with Gasteiger partial charge in [-0.2, -0.15) is 0 Å². The Morgan fingerprint density at radius 1 is 1.15 bits per heavy atom. The van der Waals surface area contributed by atoms with Crippen molar-refractivity contribution in [2.24, 2.45) is 0 Å². The fourth-order valence-corrected chi connectivity index (χ4v) is 2.80. The number of thioether (sulfide) groups is 1. The van der Waals surface area contributed by atoms with E-state index in [1.807, 2.05) is 37.4 Å². The Labute approximate surface area is 133 Å². The van der Waals surface area contributed by atoms with Gasteiger partial charge in [0.05, 0.1) is 0 Å². The van der Waals surface area contributed by atoms with Crippen molar-refractivity contribution in [2.75, 3.05) is 13.3 Å². The molecule has 0 amide bonds. The van der Waals surface area contributed by atoms with Gasteiger partial charge in [-0.25, -0.2) is 0 Å². The molecule has 0 heterocycles. The van der Waals surface area contributed by atoms with E-state index in [2.05, 4.69) is 46.6 Å². The number of nitrogens with one attached hydrogen (secondary N) is 1. The molecule has 2 aromatic rings. The van der Waals surface area contributed by atoms with E-state index < -0.39 is 0 Å². The smallest absolute Gasteiger partial charge is 0.140 e. The highest BCUT2D eigenvalue weighted by atomic mass is 79.9. The van der Waals surface area contributed by atoms with E-state index in [4.69, 9.17) is 4.74 Å². The molecule has 0 saturated carbocycles. The molecule has 106 valence electrons. The van der Waals surface area contributed by atoms with Gasteiger partial charge in [0.25, 0.3) is 0 Å². The largest absolute Gasteiger partial charge is 0.456 e. The normalized spacial score (nSPS) is 12.2. The van der Waals surface area contributed by atoms with Crippen LogP contribution in [0.3, 0.4) is 0 Å². The predicted octanol–water partition coefficient (Wildman–Crippen LogP) is 5.24. The van der Waals surface area contributed by atoms with E-state index in [9.17, 15) is 0 Å². The van der Waals surface area contributed by atoms with E-state index in [1.165, 1.54) is 0 Å². The lowest BCUT2D eigenvalue weighted by atomic mass is 10.1. The van der Waals surface area contributed by atoms with Crippen LogP contribution in [-0.2, 0) is 0 Å². The van der Waals surface area contributed by atoms with Crippen molar-refractivity contribution in [1.82, 2.24) is 5.32 Å². The lowest BCUT2D eigenvalue weighted by Crippen LogP contribution is -2.13. The van der Waals surface area contributed by atoms with Crippen LogP contribution in [0, 0.1) is 0 Å². The maximum atomic E-state index is 6.14. The van der Waals surface area contributed by atoms with Crippen molar-refractivity contribution in [3.63, 3.8) is 0 Å². The zero-order chi connectivity index (χ0) is 14.5. The summed E-state index contributed by atoms with van der Waals surface area (Å²) in [4.78, 5) is 1.13. The van der Waals surface area contributed by atoms with E-state index >= 15 is 0 Å². The summed E-state index contributed by atoms with van der Waals surface area (Å²) in [6.45, 7) is 2.12. The molecular weight excluding hydrogens is 334 g/mol. The molecule has 1 atom stereocenters. The second-order valence-corrected chi connectivity index (χ2v) is 6.21. The number of benzene rings is 2. The number of ether oxygens (including phenoxy) is 1. The van der Waals surface area contributed by atoms with Crippen molar-refractivity contribution >= 4 is 27.7 Å². The minimum atomic E-state index is 0.236. The van der Waals surface area contributed by atoms with Gasteiger partial charge in [0.15, 0.2) is 0 Å². The fourth-order valence-electron chi connectivity index (χ4n) is 1.93. The van der Waals surface area contributed by atoms with Crippen LogP contribution in [0.1, 0.15) is 18.5 Å². The molecule has 0 fully saturated rings. The maximum Gasteiger partial charge on any atom is 0.140 e. The van der Waals surface area contributed by atoms with Crippen molar-refractivity contribution in [3.05, 3.63) is 52.5 Å². The van der Waals surface area contributed by atoms with Gasteiger partial charge in [-0.15, -0.1) is 11.8 Å². The molecule has 0 aliphatic heterocycles. The number of halogens is 1. The Kier molecular flexibility index (Phi) is 5.52. The minimum absolute atomic E-state index is 0.236. The molecule has 0 aromatic heterocycles. The van der Waals surface area contributed by atoms with Gasteiger partial charge < -0.3 is 10.1 Å². The lowest BCUT2D eigenvalue weighted by Gasteiger charge is -2.17. The van der Waals surface area contributed by atoms with E-state index in [0.717, 1.165) is 26.4 Å². The van der Waals surface area contributed by atoms with Gasteiger partial charge in [0.2, 0.25) is 0 Å². The van der Waals surface area contributed by atoms with E-state index in [0.29, 0.717) is 0 Å². The first kappa shape index (κ1) is 15.4. The zero-order valence-electron chi connectivity index (χ0n) is 11.8. The van der Waals surface area contributed by atoms with Gasteiger partial charge in [-0.05, 0) is 44.5 Å². The first-order valence-electron chi connectivity index (χ1n) is 6.43. The summed E-state index contributed by atoms with van der Waals surface area (Å²) in [7, 11) is 1.95. The highest BCUT2D eigenvalue weighted by Crippen LogP contribution is 2.36. The second-order valence-electron chi connectivity index (χ2n) is 4.45. The summed E-state index contributed by atoms with van der Waals surface area (Å²) in [5.74, 6) is 1.77. The van der Waals surface area contributed by atoms with Crippen molar-refractivity contribution < 1.29 is 4.74 Å². The Bertz CT molecular complexity index is 588. The third-order valence-electron chi connectivity index (χ3n) is 3.16. The van der Waals surface area contributed by atoms with Crippen molar-refractivity contribution in [1.29, 1.82) is 0 Å². The quantitative estimate of drug-likeness (QED) is 0.743. The molecule has 0 saturated heterocycles. The van der Waals surface area contributed by atoms with Crippen LogP contribution in [-0.4, -0.2) is 13.3 Å². The molecule has 1 N–H and O–H groups in total. The highest BCUT2D eigenvalue weighted by Gasteiger charge is 2.12. The van der Waals surface area contributed by atoms with Crippen LogP contribution in [0.2, 0.25) is 0 Å². The standard InChI is InChI=1S/C16H18BrNOS/c1-11(18-2)13-9-8-12(17)10-15(13)19-14-6-4-5-7-16(14)20-3/h4-11,18H,1-3H3. The third kappa shape index (κ3) is 3.57. The van der Waals surface area contributed by atoms with Crippen LogP contribution in [0.4, 0.5) is 0 Å². The molecule has 1 unspecified atom stereocenters. The van der Waals surface area contributed by atoms with Gasteiger partial charge in [-0.1, -0.05) is 34.1 Å². The Balaban J connectivity index is 2.39. The molecule has 0 radical (unpaired) electrons. The molecule has 20 heavy (non-hydrogen) atoms. The van der Waals surface area contributed by atoms with Crippen molar-refractivity contribution in [2.45, 2.75) is 17.9 Å². The van der Waals surface area contributed by atoms with Crippen LogP contribution >= 0.6 is 27.7 Å². The van der Waals surface area contributed by atoms with Crippen LogP contribution in [0.5, 0.6) is 11.5 Å². The topological polar surface area (TPSA) is 21.3 Å². The van der Waals surface area contributed by atoms with Gasteiger partial charge >= 0.3 is 0 Å². The minimum Gasteiger partial charge on any atom is -0.456 e. The van der Waals surface area contributed by atoms with E-state index in [-0.39, 0.29) is 6.04 Å². The molecule has 4 heteroatoms. The monoisotopic (exact) mass is 351 g/mol. The Hall–Kier alpha value is -0.970. The Morgan fingerprint density at radius 2 is 1.90 bits per heavy atom. The number of hydrogen-bond acceptors (Lipinski definition) is 3. The average Bonchev–Trinajstić information content (AvgIpc) is 2.47. The summed E-state index contributed by atoms with van der Waals surface area (Å²) in [6.07, 6.45) is 2.06. The van der Waals surface area contributed by atoms with Gasteiger partial charge in [-0.3, -0.25) is 0 Å². The van der Waals surface area contributed by atoms with E-state index in [1.54, 1.807) is 11.8 Å². The molecule has 0 aliphatic rings.